The lowest BCUT2D eigenvalue weighted by atomic mass is 10.1. The maximum absolute atomic E-state index is 12.4. The van der Waals surface area contributed by atoms with Crippen LogP contribution in [0.15, 0.2) is 71.3 Å². The van der Waals surface area contributed by atoms with Gasteiger partial charge in [0, 0.05) is 27.5 Å². The second-order valence-corrected chi connectivity index (χ2v) is 6.58. The number of nitrogens with zero attached hydrogens (tertiary/aromatic N) is 1. The zero-order chi connectivity index (χ0) is 18.5. The molecule has 0 atom stereocenters. The summed E-state index contributed by atoms with van der Waals surface area (Å²) in [6, 6.07) is 17.5. The third-order valence-corrected chi connectivity index (χ3v) is 4.20. The molecule has 5 nitrogen and oxygen atoms in total. The van der Waals surface area contributed by atoms with E-state index in [2.05, 4.69) is 31.5 Å². The Morgan fingerprint density at radius 2 is 1.58 bits per heavy atom. The molecular weight excluding hydrogens is 394 g/mol. The van der Waals surface area contributed by atoms with E-state index >= 15 is 0 Å². The molecule has 0 saturated heterocycles. The van der Waals surface area contributed by atoms with Crippen molar-refractivity contribution in [2.45, 2.75) is 6.92 Å². The number of anilines is 2. The summed E-state index contributed by atoms with van der Waals surface area (Å²) >= 11 is 3.35. The van der Waals surface area contributed by atoms with Crippen LogP contribution in [0.1, 0.15) is 26.3 Å². The Balaban J connectivity index is 1.74. The van der Waals surface area contributed by atoms with Crippen molar-refractivity contribution in [3.63, 3.8) is 0 Å². The minimum Gasteiger partial charge on any atom is -0.322 e. The summed E-state index contributed by atoms with van der Waals surface area (Å²) in [6.07, 6.45) is 1.62. The van der Waals surface area contributed by atoms with E-state index in [1.807, 2.05) is 25.1 Å². The maximum Gasteiger partial charge on any atom is 0.256 e. The van der Waals surface area contributed by atoms with Gasteiger partial charge < -0.3 is 10.6 Å². The van der Waals surface area contributed by atoms with Gasteiger partial charge in [-0.2, -0.15) is 0 Å². The van der Waals surface area contributed by atoms with Crippen LogP contribution in [0.25, 0.3) is 0 Å². The van der Waals surface area contributed by atoms with Crippen molar-refractivity contribution in [2.75, 3.05) is 10.6 Å². The molecule has 3 rings (SSSR count). The molecule has 2 amide bonds. The molecule has 0 aliphatic carbocycles. The first-order chi connectivity index (χ1) is 12.5. The van der Waals surface area contributed by atoms with Gasteiger partial charge >= 0.3 is 0 Å². The van der Waals surface area contributed by atoms with Gasteiger partial charge in [0.2, 0.25) is 0 Å². The van der Waals surface area contributed by atoms with Crippen LogP contribution < -0.4 is 10.6 Å². The van der Waals surface area contributed by atoms with Crippen molar-refractivity contribution >= 4 is 39.2 Å². The number of carbonyl (C=O) groups excluding carboxylic acids is 2. The lowest BCUT2D eigenvalue weighted by Crippen LogP contribution is -2.15. The van der Waals surface area contributed by atoms with Gasteiger partial charge in [-0.25, -0.2) is 4.98 Å². The van der Waals surface area contributed by atoms with Gasteiger partial charge in [0.15, 0.2) is 0 Å². The average molecular weight is 410 g/mol. The third-order valence-electron chi connectivity index (χ3n) is 3.71. The number of aromatic nitrogens is 1. The summed E-state index contributed by atoms with van der Waals surface area (Å²) in [6.45, 7) is 1.87. The highest BCUT2D eigenvalue weighted by molar-refractivity contribution is 9.10. The summed E-state index contributed by atoms with van der Waals surface area (Å²) in [5, 5.41) is 5.58. The number of hydrogen-bond acceptors (Lipinski definition) is 3. The van der Waals surface area contributed by atoms with Gasteiger partial charge in [-0.3, -0.25) is 9.59 Å². The lowest BCUT2D eigenvalue weighted by molar-refractivity contribution is 0.101. The van der Waals surface area contributed by atoms with Crippen molar-refractivity contribution in [3.8, 4) is 0 Å². The second kappa shape index (κ2) is 7.93. The van der Waals surface area contributed by atoms with Crippen LogP contribution in [-0.2, 0) is 0 Å². The number of halogens is 1. The molecule has 0 unspecified atom stereocenters. The zero-order valence-corrected chi connectivity index (χ0v) is 15.6. The van der Waals surface area contributed by atoms with Gasteiger partial charge in [0.25, 0.3) is 11.8 Å². The Morgan fingerprint density at radius 3 is 2.31 bits per heavy atom. The van der Waals surface area contributed by atoms with Crippen LogP contribution in [0, 0.1) is 6.92 Å². The zero-order valence-electron chi connectivity index (χ0n) is 14.0. The van der Waals surface area contributed by atoms with Crippen LogP contribution in [0.4, 0.5) is 11.5 Å². The Hall–Kier alpha value is -2.99. The number of carbonyl (C=O) groups is 2. The minimum absolute atomic E-state index is 0.246. The molecule has 0 aliphatic heterocycles. The Labute approximate surface area is 159 Å². The summed E-state index contributed by atoms with van der Waals surface area (Å²) in [5.74, 6) is -0.0177. The fourth-order valence-corrected chi connectivity index (χ4v) is 2.77. The van der Waals surface area contributed by atoms with Crippen LogP contribution in [-0.4, -0.2) is 16.8 Å². The van der Waals surface area contributed by atoms with Crippen molar-refractivity contribution in [2.24, 2.45) is 0 Å². The molecule has 6 heteroatoms. The monoisotopic (exact) mass is 409 g/mol. The number of pyridine rings is 1. The molecule has 1 aromatic heterocycles. The largest absolute Gasteiger partial charge is 0.322 e. The van der Waals surface area contributed by atoms with Gasteiger partial charge in [0.05, 0.1) is 0 Å². The molecule has 2 N–H and O–H groups in total. The Bertz CT molecular complexity index is 973. The smallest absolute Gasteiger partial charge is 0.256 e. The summed E-state index contributed by atoms with van der Waals surface area (Å²) in [5.41, 5.74) is 2.38. The van der Waals surface area contributed by atoms with E-state index in [4.69, 9.17) is 0 Å². The number of aryl methyl sites for hydroxylation is 1. The first-order valence-electron chi connectivity index (χ1n) is 7.93. The molecule has 3 aromatic rings. The minimum atomic E-state index is -0.287. The molecular formula is C20H16BrN3O2. The highest BCUT2D eigenvalue weighted by atomic mass is 79.9. The van der Waals surface area contributed by atoms with Crippen LogP contribution in [0.5, 0.6) is 0 Å². The van der Waals surface area contributed by atoms with E-state index in [1.165, 1.54) is 0 Å². The van der Waals surface area contributed by atoms with Crippen LogP contribution >= 0.6 is 15.9 Å². The number of amides is 2. The second-order valence-electron chi connectivity index (χ2n) is 5.67. The molecule has 2 aromatic carbocycles. The van der Waals surface area contributed by atoms with Gasteiger partial charge in [-0.15, -0.1) is 0 Å². The van der Waals surface area contributed by atoms with E-state index in [0.717, 1.165) is 10.0 Å². The van der Waals surface area contributed by atoms with E-state index in [-0.39, 0.29) is 11.8 Å². The molecule has 0 fully saturated rings. The molecule has 1 heterocycles. The number of benzene rings is 2. The fraction of sp³-hybridized carbons (Fsp3) is 0.0500. The van der Waals surface area contributed by atoms with Crippen LogP contribution in [0.2, 0.25) is 0 Å². The first-order valence-corrected chi connectivity index (χ1v) is 8.72. The third kappa shape index (κ3) is 4.34. The van der Waals surface area contributed by atoms with Crippen molar-refractivity contribution in [1.82, 2.24) is 4.98 Å². The van der Waals surface area contributed by atoms with Crippen molar-refractivity contribution in [1.29, 1.82) is 0 Å². The topological polar surface area (TPSA) is 71.1 Å². The predicted octanol–water partition coefficient (Wildman–Crippen LogP) is 4.66. The van der Waals surface area contributed by atoms with Gasteiger partial charge in [0.1, 0.15) is 5.82 Å². The molecule has 0 aliphatic rings. The van der Waals surface area contributed by atoms with E-state index in [9.17, 15) is 9.59 Å². The highest BCUT2D eigenvalue weighted by Crippen LogP contribution is 2.17. The maximum atomic E-state index is 12.4. The molecule has 0 bridgehead atoms. The first kappa shape index (κ1) is 17.8. The lowest BCUT2D eigenvalue weighted by Gasteiger charge is -2.09. The standard InChI is InChI=1S/C20H16BrN3O2/c1-13-5-4-10-22-18(13)24-20(26)15-7-3-9-17(12-15)23-19(25)14-6-2-8-16(21)11-14/h2-12H,1H3,(H,23,25)(H,22,24,26). The predicted molar refractivity (Wildman–Crippen MR) is 105 cm³/mol. The Kier molecular flexibility index (Phi) is 5.43. The van der Waals surface area contributed by atoms with E-state index < -0.39 is 0 Å². The summed E-state index contributed by atoms with van der Waals surface area (Å²) in [7, 11) is 0. The quantitative estimate of drug-likeness (QED) is 0.658. The van der Waals surface area contributed by atoms with Crippen molar-refractivity contribution < 1.29 is 9.59 Å². The number of hydrogen-bond donors (Lipinski definition) is 2. The SMILES string of the molecule is Cc1cccnc1NC(=O)c1cccc(NC(=O)c2cccc(Br)c2)c1. The molecule has 0 spiro atoms. The average Bonchev–Trinajstić information content (AvgIpc) is 2.64. The van der Waals surface area contributed by atoms with E-state index in [1.54, 1.807) is 48.7 Å². The Morgan fingerprint density at radius 1 is 0.885 bits per heavy atom. The molecule has 26 heavy (non-hydrogen) atoms. The number of rotatable bonds is 4. The molecule has 130 valence electrons. The van der Waals surface area contributed by atoms with E-state index in [0.29, 0.717) is 22.6 Å². The van der Waals surface area contributed by atoms with Gasteiger partial charge in [-0.05, 0) is 55.0 Å². The fourth-order valence-electron chi connectivity index (χ4n) is 2.37. The highest BCUT2D eigenvalue weighted by Gasteiger charge is 2.11. The number of nitrogens with one attached hydrogen (secondary N) is 2. The molecule has 0 saturated carbocycles. The summed E-state index contributed by atoms with van der Waals surface area (Å²) in [4.78, 5) is 28.9. The summed E-state index contributed by atoms with van der Waals surface area (Å²) < 4.78 is 0.823. The van der Waals surface area contributed by atoms with Gasteiger partial charge in [-0.1, -0.05) is 34.1 Å². The van der Waals surface area contributed by atoms with Crippen LogP contribution in [0.3, 0.4) is 0 Å². The molecule has 0 radical (unpaired) electrons. The normalized spacial score (nSPS) is 10.2. The van der Waals surface area contributed by atoms with Crippen molar-refractivity contribution in [3.05, 3.63) is 88.0 Å².